The first-order valence-electron chi connectivity index (χ1n) is 8.47. The van der Waals surface area contributed by atoms with Crippen LogP contribution < -0.4 is 0 Å². The van der Waals surface area contributed by atoms with Crippen molar-refractivity contribution < 1.29 is 34.9 Å². The molecule has 9 heteroatoms. The summed E-state index contributed by atoms with van der Waals surface area (Å²) in [6, 6.07) is 13.8. The topological polar surface area (TPSA) is 54.4 Å². The zero-order valence-corrected chi connectivity index (χ0v) is 15.4. The minimum atomic E-state index is -6.32. The van der Waals surface area contributed by atoms with Gasteiger partial charge in [-0.25, -0.2) is 0 Å². The molecule has 29 heavy (non-hydrogen) atoms. The minimum Gasteiger partial charge on any atom is -0.281 e. The molecule has 3 aromatic rings. The Morgan fingerprint density at radius 3 is 2.21 bits per heavy atom. The van der Waals surface area contributed by atoms with Crippen LogP contribution >= 0.6 is 0 Å². The molecule has 4 rings (SSSR count). The zero-order chi connectivity index (χ0) is 21.2. The van der Waals surface area contributed by atoms with E-state index in [0.717, 1.165) is 23.3 Å². The monoisotopic (exact) mass is 428 g/mol. The molecular formula is C20H13F5O3S. The van der Waals surface area contributed by atoms with Crippen LogP contribution in [-0.2, 0) is 16.5 Å². The van der Waals surface area contributed by atoms with Crippen molar-refractivity contribution in [2.75, 3.05) is 0 Å². The SMILES string of the molecule is O=S(=O)(O)C(F)(F)C(c1cccc2ccc3c(c12)Cc1ccccc1-3)C(F)(F)F. The highest BCUT2D eigenvalue weighted by atomic mass is 32.2. The summed E-state index contributed by atoms with van der Waals surface area (Å²) in [7, 11) is -6.32. The third-order valence-corrected chi connectivity index (χ3v) is 6.10. The molecule has 0 aliphatic heterocycles. The lowest BCUT2D eigenvalue weighted by atomic mass is 9.88. The lowest BCUT2D eigenvalue weighted by molar-refractivity contribution is -0.188. The third-order valence-electron chi connectivity index (χ3n) is 5.18. The van der Waals surface area contributed by atoms with Crippen LogP contribution in [0.15, 0.2) is 54.6 Å². The molecule has 0 fully saturated rings. The average Bonchev–Trinajstić information content (AvgIpc) is 2.98. The molecule has 3 aromatic carbocycles. The first-order chi connectivity index (χ1) is 13.4. The van der Waals surface area contributed by atoms with Crippen LogP contribution in [0, 0.1) is 0 Å². The normalized spacial score (nSPS) is 15.2. The fourth-order valence-electron chi connectivity index (χ4n) is 3.99. The van der Waals surface area contributed by atoms with Crippen molar-refractivity contribution in [1.82, 2.24) is 0 Å². The fraction of sp³-hybridized carbons (Fsp3) is 0.200. The van der Waals surface area contributed by atoms with E-state index in [1.54, 1.807) is 30.3 Å². The van der Waals surface area contributed by atoms with E-state index >= 15 is 0 Å². The molecule has 0 aromatic heterocycles. The summed E-state index contributed by atoms with van der Waals surface area (Å²) in [5.41, 5.74) is 1.75. The van der Waals surface area contributed by atoms with E-state index in [1.807, 2.05) is 0 Å². The van der Waals surface area contributed by atoms with Gasteiger partial charge in [0.05, 0.1) is 0 Å². The summed E-state index contributed by atoms with van der Waals surface area (Å²) in [5, 5.41) is -5.26. The Kier molecular flexibility index (Phi) is 4.25. The van der Waals surface area contributed by atoms with Crippen molar-refractivity contribution >= 4 is 20.9 Å². The Bertz CT molecular complexity index is 1230. The maximum atomic E-state index is 14.4. The molecular weight excluding hydrogens is 415 g/mol. The van der Waals surface area contributed by atoms with Gasteiger partial charge in [0.1, 0.15) is 0 Å². The van der Waals surface area contributed by atoms with Gasteiger partial charge in [-0.1, -0.05) is 54.6 Å². The molecule has 0 saturated heterocycles. The van der Waals surface area contributed by atoms with Crippen LogP contribution in [0.1, 0.15) is 22.6 Å². The molecule has 0 bridgehead atoms. The standard InChI is InChI=1S/C20H13F5O3S/c21-19(22,23)18(20(24,25)29(26,27)28)15-7-3-5-11-8-9-14-13-6-2-1-4-12(13)10-16(14)17(11)15/h1-9,18H,10H2,(H,26,27,28). The van der Waals surface area contributed by atoms with E-state index in [0.29, 0.717) is 11.1 Å². The van der Waals surface area contributed by atoms with E-state index in [9.17, 15) is 30.4 Å². The molecule has 1 aliphatic carbocycles. The molecule has 3 nitrogen and oxygen atoms in total. The van der Waals surface area contributed by atoms with Gasteiger partial charge in [-0.3, -0.25) is 4.55 Å². The number of hydrogen-bond acceptors (Lipinski definition) is 2. The third kappa shape index (κ3) is 3.00. The second-order valence-corrected chi connectivity index (χ2v) is 8.38. The van der Waals surface area contributed by atoms with Gasteiger partial charge in [-0.2, -0.15) is 30.4 Å². The minimum absolute atomic E-state index is 0.0770. The number of hydrogen-bond donors (Lipinski definition) is 1. The van der Waals surface area contributed by atoms with Gasteiger partial charge in [0, 0.05) is 0 Å². The van der Waals surface area contributed by atoms with Crippen LogP contribution in [-0.4, -0.2) is 24.4 Å². The Hall–Kier alpha value is -2.52. The van der Waals surface area contributed by atoms with Crippen molar-refractivity contribution in [2.45, 2.75) is 23.8 Å². The fourth-order valence-corrected chi connectivity index (χ4v) is 4.54. The Labute approximate surface area is 162 Å². The molecule has 0 spiro atoms. The number of benzene rings is 3. The predicted octanol–water partition coefficient (Wildman–Crippen LogP) is 5.54. The van der Waals surface area contributed by atoms with Gasteiger partial charge < -0.3 is 0 Å². The predicted molar refractivity (Wildman–Crippen MR) is 97.5 cm³/mol. The molecule has 0 heterocycles. The molecule has 0 amide bonds. The highest BCUT2D eigenvalue weighted by molar-refractivity contribution is 7.86. The number of alkyl halides is 5. The molecule has 1 N–H and O–H groups in total. The van der Waals surface area contributed by atoms with Crippen molar-refractivity contribution in [3.05, 3.63) is 71.3 Å². The van der Waals surface area contributed by atoms with E-state index in [-0.39, 0.29) is 17.2 Å². The van der Waals surface area contributed by atoms with Gasteiger partial charge in [-0.05, 0) is 45.0 Å². The number of halogens is 5. The second kappa shape index (κ2) is 6.24. The van der Waals surface area contributed by atoms with Gasteiger partial charge in [0.2, 0.25) is 0 Å². The van der Waals surface area contributed by atoms with Crippen LogP contribution in [0.2, 0.25) is 0 Å². The van der Waals surface area contributed by atoms with Gasteiger partial charge in [0.25, 0.3) is 0 Å². The van der Waals surface area contributed by atoms with Gasteiger partial charge in [-0.15, -0.1) is 0 Å². The Morgan fingerprint density at radius 1 is 0.862 bits per heavy atom. The van der Waals surface area contributed by atoms with E-state index in [4.69, 9.17) is 4.55 Å². The quantitative estimate of drug-likeness (QED) is 0.345. The number of rotatable bonds is 3. The Balaban J connectivity index is 2.06. The summed E-state index contributed by atoms with van der Waals surface area (Å²) in [6.45, 7) is 0. The van der Waals surface area contributed by atoms with Crippen LogP contribution in [0.4, 0.5) is 22.0 Å². The molecule has 152 valence electrons. The first kappa shape index (κ1) is 19.8. The van der Waals surface area contributed by atoms with Crippen molar-refractivity contribution in [1.29, 1.82) is 0 Å². The molecule has 0 saturated carbocycles. The molecule has 1 unspecified atom stereocenters. The smallest absolute Gasteiger partial charge is 0.281 e. The molecule has 0 radical (unpaired) electrons. The summed E-state index contributed by atoms with van der Waals surface area (Å²) in [5.74, 6) is -3.72. The van der Waals surface area contributed by atoms with E-state index < -0.39 is 33.0 Å². The lowest BCUT2D eigenvalue weighted by Crippen LogP contribution is -2.43. The number of fused-ring (bicyclic) bond motifs is 5. The zero-order valence-electron chi connectivity index (χ0n) is 14.5. The van der Waals surface area contributed by atoms with Crippen LogP contribution in [0.3, 0.4) is 0 Å². The molecule has 1 atom stereocenters. The van der Waals surface area contributed by atoms with Crippen molar-refractivity contribution in [3.63, 3.8) is 0 Å². The summed E-state index contributed by atoms with van der Waals surface area (Å²) < 4.78 is 101. The van der Waals surface area contributed by atoms with Crippen molar-refractivity contribution in [3.8, 4) is 11.1 Å². The van der Waals surface area contributed by atoms with Gasteiger partial charge >= 0.3 is 21.5 Å². The maximum absolute atomic E-state index is 14.4. The highest BCUT2D eigenvalue weighted by Gasteiger charge is 2.64. The van der Waals surface area contributed by atoms with Crippen molar-refractivity contribution in [2.24, 2.45) is 0 Å². The van der Waals surface area contributed by atoms with Crippen LogP contribution in [0.25, 0.3) is 21.9 Å². The molecule has 1 aliphatic rings. The average molecular weight is 428 g/mol. The second-order valence-electron chi connectivity index (χ2n) is 6.88. The van der Waals surface area contributed by atoms with E-state index in [1.165, 1.54) is 12.1 Å². The summed E-state index contributed by atoms with van der Waals surface area (Å²) in [4.78, 5) is 0. The lowest BCUT2D eigenvalue weighted by Gasteiger charge is -2.28. The summed E-state index contributed by atoms with van der Waals surface area (Å²) >= 11 is 0. The van der Waals surface area contributed by atoms with E-state index in [2.05, 4.69) is 0 Å². The Morgan fingerprint density at radius 2 is 1.55 bits per heavy atom. The highest BCUT2D eigenvalue weighted by Crippen LogP contribution is 2.51. The largest absolute Gasteiger partial charge is 0.402 e. The van der Waals surface area contributed by atoms with Gasteiger partial charge in [0.15, 0.2) is 5.92 Å². The maximum Gasteiger partial charge on any atom is 0.402 e. The van der Waals surface area contributed by atoms with Crippen LogP contribution in [0.5, 0.6) is 0 Å². The first-order valence-corrected chi connectivity index (χ1v) is 9.91. The summed E-state index contributed by atoms with van der Waals surface area (Å²) in [6.07, 6.45) is -5.40.